The highest BCUT2D eigenvalue weighted by Gasteiger charge is 2.27. The summed E-state index contributed by atoms with van der Waals surface area (Å²) in [4.78, 5) is 11.5. The lowest BCUT2D eigenvalue weighted by Gasteiger charge is -2.30. The predicted octanol–water partition coefficient (Wildman–Crippen LogP) is 5.41. The van der Waals surface area contributed by atoms with Crippen LogP contribution in [0.2, 0.25) is 0 Å². The van der Waals surface area contributed by atoms with Crippen molar-refractivity contribution in [2.24, 2.45) is 0 Å². The van der Waals surface area contributed by atoms with Crippen molar-refractivity contribution in [2.75, 3.05) is 33.7 Å². The monoisotopic (exact) mass is 418 g/mol. The fourth-order valence-corrected chi connectivity index (χ4v) is 2.81. The van der Waals surface area contributed by atoms with Crippen molar-refractivity contribution >= 4 is 12.0 Å². The maximum absolute atomic E-state index is 11.5. The minimum atomic E-state index is -0.342. The Morgan fingerprint density at radius 1 is 0.967 bits per heavy atom. The highest BCUT2D eigenvalue weighted by atomic mass is 16.7. The third kappa shape index (κ3) is 8.72. The topological polar surface area (TPSA) is 54.0 Å². The van der Waals surface area contributed by atoms with Crippen LogP contribution in [0.25, 0.3) is 6.08 Å². The number of benzene rings is 1. The number of carbonyl (C=O) groups is 1. The van der Waals surface area contributed by atoms with Gasteiger partial charge in [0.25, 0.3) is 0 Å². The first-order chi connectivity index (χ1) is 14.0. The quantitative estimate of drug-likeness (QED) is 0.167. The SMILES string of the molecule is CCOC(=O)C=CC=Cc1cc(C(C)(C)C)c(OCOCCOC)c(C(C)(C)C)c1. The summed E-state index contributed by atoms with van der Waals surface area (Å²) >= 11 is 0. The van der Waals surface area contributed by atoms with E-state index in [1.807, 2.05) is 12.2 Å². The van der Waals surface area contributed by atoms with E-state index in [9.17, 15) is 4.79 Å². The van der Waals surface area contributed by atoms with E-state index in [0.717, 1.165) is 22.4 Å². The Bertz CT molecular complexity index is 698. The number of ether oxygens (including phenoxy) is 4. The van der Waals surface area contributed by atoms with Gasteiger partial charge < -0.3 is 18.9 Å². The number of hydrogen-bond acceptors (Lipinski definition) is 5. The van der Waals surface area contributed by atoms with E-state index >= 15 is 0 Å². The first kappa shape index (κ1) is 25.9. The largest absolute Gasteiger partial charge is 0.467 e. The molecule has 0 fully saturated rings. The van der Waals surface area contributed by atoms with Gasteiger partial charge in [0.1, 0.15) is 5.75 Å². The summed E-state index contributed by atoms with van der Waals surface area (Å²) < 4.78 is 21.6. The molecule has 30 heavy (non-hydrogen) atoms. The molecule has 0 N–H and O–H groups in total. The summed E-state index contributed by atoms with van der Waals surface area (Å²) in [6.07, 6.45) is 6.95. The van der Waals surface area contributed by atoms with Crippen LogP contribution in [0.4, 0.5) is 0 Å². The molecule has 0 aliphatic rings. The molecule has 0 aromatic heterocycles. The Kier molecular flexibility index (Phi) is 10.3. The van der Waals surface area contributed by atoms with Crippen molar-refractivity contribution in [1.82, 2.24) is 0 Å². The van der Waals surface area contributed by atoms with E-state index in [1.165, 1.54) is 6.08 Å². The minimum absolute atomic E-state index is 0.119. The van der Waals surface area contributed by atoms with Gasteiger partial charge in [-0.3, -0.25) is 0 Å². The fraction of sp³-hybridized carbons (Fsp3) is 0.560. The summed E-state index contributed by atoms with van der Waals surface area (Å²) in [6.45, 7) is 16.4. The molecule has 5 heteroatoms. The van der Waals surface area contributed by atoms with Gasteiger partial charge in [-0.05, 0) is 35.4 Å². The van der Waals surface area contributed by atoms with E-state index in [-0.39, 0.29) is 23.6 Å². The molecular formula is C25H38O5. The molecule has 0 amide bonds. The van der Waals surface area contributed by atoms with Crippen LogP contribution in [0.1, 0.15) is 65.2 Å². The van der Waals surface area contributed by atoms with E-state index in [1.54, 1.807) is 20.1 Å². The molecule has 0 aliphatic carbocycles. The van der Waals surface area contributed by atoms with E-state index in [0.29, 0.717) is 19.8 Å². The minimum Gasteiger partial charge on any atom is -0.467 e. The average Bonchev–Trinajstić information content (AvgIpc) is 2.64. The molecule has 0 saturated carbocycles. The Labute approximate surface area is 182 Å². The van der Waals surface area contributed by atoms with Crippen LogP contribution in [0.5, 0.6) is 5.75 Å². The van der Waals surface area contributed by atoms with Crippen molar-refractivity contribution in [3.8, 4) is 5.75 Å². The van der Waals surface area contributed by atoms with Gasteiger partial charge in [0.05, 0.1) is 19.8 Å². The molecule has 0 spiro atoms. The van der Waals surface area contributed by atoms with E-state index in [2.05, 4.69) is 53.7 Å². The van der Waals surface area contributed by atoms with Crippen molar-refractivity contribution < 1.29 is 23.7 Å². The van der Waals surface area contributed by atoms with Crippen molar-refractivity contribution in [3.63, 3.8) is 0 Å². The third-order valence-corrected chi connectivity index (χ3v) is 4.36. The predicted molar refractivity (Wildman–Crippen MR) is 122 cm³/mol. The molecule has 1 aromatic rings. The maximum atomic E-state index is 11.5. The summed E-state index contributed by atoms with van der Waals surface area (Å²) in [6, 6.07) is 4.27. The Balaban J connectivity index is 3.26. The summed E-state index contributed by atoms with van der Waals surface area (Å²) in [7, 11) is 1.65. The molecule has 0 radical (unpaired) electrons. The Morgan fingerprint density at radius 3 is 2.07 bits per heavy atom. The smallest absolute Gasteiger partial charge is 0.330 e. The van der Waals surface area contributed by atoms with Crippen LogP contribution in [-0.2, 0) is 29.8 Å². The maximum Gasteiger partial charge on any atom is 0.330 e. The second kappa shape index (κ2) is 11.9. The van der Waals surface area contributed by atoms with Crippen LogP contribution in [0, 0.1) is 0 Å². The number of rotatable bonds is 10. The van der Waals surface area contributed by atoms with E-state index < -0.39 is 0 Å². The number of allylic oxidation sites excluding steroid dienone is 2. The van der Waals surface area contributed by atoms with Gasteiger partial charge in [-0.2, -0.15) is 0 Å². The number of esters is 1. The highest BCUT2D eigenvalue weighted by molar-refractivity contribution is 5.82. The number of methoxy groups -OCH3 is 1. The van der Waals surface area contributed by atoms with Crippen molar-refractivity contribution in [1.29, 1.82) is 0 Å². The molecule has 5 nitrogen and oxygen atoms in total. The number of hydrogen-bond donors (Lipinski definition) is 0. The summed E-state index contributed by atoms with van der Waals surface area (Å²) in [5.41, 5.74) is 3.03. The van der Waals surface area contributed by atoms with Crippen LogP contribution >= 0.6 is 0 Å². The lowest BCUT2D eigenvalue weighted by atomic mass is 9.78. The second-order valence-corrected chi connectivity index (χ2v) is 9.08. The normalized spacial score (nSPS) is 12.7. The van der Waals surface area contributed by atoms with Gasteiger partial charge >= 0.3 is 5.97 Å². The zero-order valence-electron chi connectivity index (χ0n) is 19.8. The first-order valence-corrected chi connectivity index (χ1v) is 10.4. The second-order valence-electron chi connectivity index (χ2n) is 9.08. The lowest BCUT2D eigenvalue weighted by molar-refractivity contribution is -0.137. The fourth-order valence-electron chi connectivity index (χ4n) is 2.81. The van der Waals surface area contributed by atoms with Gasteiger partial charge in [0.2, 0.25) is 0 Å². The molecular weight excluding hydrogens is 380 g/mol. The zero-order valence-corrected chi connectivity index (χ0v) is 19.8. The average molecular weight is 419 g/mol. The molecule has 1 rings (SSSR count). The lowest BCUT2D eigenvalue weighted by Crippen LogP contribution is -2.21. The van der Waals surface area contributed by atoms with Crippen LogP contribution in [0.15, 0.2) is 30.4 Å². The van der Waals surface area contributed by atoms with Crippen LogP contribution < -0.4 is 4.74 Å². The van der Waals surface area contributed by atoms with Gasteiger partial charge in [-0.1, -0.05) is 59.8 Å². The zero-order chi connectivity index (χ0) is 22.8. The first-order valence-electron chi connectivity index (χ1n) is 10.4. The summed E-state index contributed by atoms with van der Waals surface area (Å²) in [5.74, 6) is 0.525. The molecule has 0 aliphatic heterocycles. The van der Waals surface area contributed by atoms with Crippen molar-refractivity contribution in [2.45, 2.75) is 59.3 Å². The molecule has 0 bridgehead atoms. The standard InChI is InChI=1S/C25H38O5/c1-9-29-22(26)13-11-10-12-19-16-20(24(2,3)4)23(21(17-19)25(5,6)7)30-18-28-15-14-27-8/h10-13,16-17H,9,14-15,18H2,1-8H3. The molecule has 0 saturated heterocycles. The Morgan fingerprint density at radius 2 is 1.57 bits per heavy atom. The molecule has 0 unspecified atom stereocenters. The molecule has 0 atom stereocenters. The molecule has 168 valence electrons. The molecule has 0 heterocycles. The highest BCUT2D eigenvalue weighted by Crippen LogP contribution is 2.41. The summed E-state index contributed by atoms with van der Waals surface area (Å²) in [5, 5.41) is 0. The molecule has 1 aromatic carbocycles. The van der Waals surface area contributed by atoms with Crippen molar-refractivity contribution in [3.05, 3.63) is 47.1 Å². The van der Waals surface area contributed by atoms with E-state index in [4.69, 9.17) is 18.9 Å². The van der Waals surface area contributed by atoms with Gasteiger partial charge in [0.15, 0.2) is 6.79 Å². The van der Waals surface area contributed by atoms with Gasteiger partial charge in [-0.15, -0.1) is 0 Å². The third-order valence-electron chi connectivity index (χ3n) is 4.36. The van der Waals surface area contributed by atoms with Gasteiger partial charge in [0, 0.05) is 24.3 Å². The van der Waals surface area contributed by atoms with Gasteiger partial charge in [-0.25, -0.2) is 4.79 Å². The number of carbonyl (C=O) groups excluding carboxylic acids is 1. The van der Waals surface area contributed by atoms with Crippen LogP contribution in [0.3, 0.4) is 0 Å². The van der Waals surface area contributed by atoms with Crippen LogP contribution in [-0.4, -0.2) is 39.7 Å². The Hall–Kier alpha value is -2.11.